The van der Waals surface area contributed by atoms with E-state index in [1.165, 1.54) is 11.3 Å². The number of aromatic nitrogens is 2. The highest BCUT2D eigenvalue weighted by Gasteiger charge is 2.41. The van der Waals surface area contributed by atoms with Crippen LogP contribution in [0.15, 0.2) is 0 Å². The van der Waals surface area contributed by atoms with E-state index in [1.54, 1.807) is 6.92 Å². The average Bonchev–Trinajstić information content (AvgIpc) is 3.08. The van der Waals surface area contributed by atoms with Crippen LogP contribution < -0.4 is 16.0 Å². The molecule has 3 amide bonds. The Morgan fingerprint density at radius 3 is 2.61 bits per heavy atom. The van der Waals surface area contributed by atoms with E-state index in [4.69, 9.17) is 0 Å². The molecule has 28 heavy (non-hydrogen) atoms. The van der Waals surface area contributed by atoms with Crippen molar-refractivity contribution in [2.24, 2.45) is 5.41 Å². The van der Waals surface area contributed by atoms with Crippen LogP contribution in [-0.2, 0) is 15.0 Å². The Morgan fingerprint density at radius 1 is 1.29 bits per heavy atom. The zero-order chi connectivity index (χ0) is 20.9. The lowest BCUT2D eigenvalue weighted by Gasteiger charge is -2.26. The van der Waals surface area contributed by atoms with Crippen LogP contribution in [0.4, 0.5) is 0 Å². The minimum atomic E-state index is -1.07. The molecule has 1 aliphatic rings. The minimum Gasteiger partial charge on any atom is -0.355 e. The van der Waals surface area contributed by atoms with Crippen LogP contribution >= 0.6 is 11.3 Å². The van der Waals surface area contributed by atoms with E-state index in [0.29, 0.717) is 24.4 Å². The van der Waals surface area contributed by atoms with Crippen LogP contribution in [0.1, 0.15) is 75.1 Å². The van der Waals surface area contributed by atoms with Gasteiger partial charge in [-0.25, -0.2) is 0 Å². The molecule has 1 fully saturated rings. The predicted molar refractivity (Wildman–Crippen MR) is 108 cm³/mol. The highest BCUT2D eigenvalue weighted by Crippen LogP contribution is 2.27. The molecule has 0 aliphatic carbocycles. The number of nitrogens with one attached hydrogen (secondary N) is 3. The molecule has 0 aromatic carbocycles. The Bertz CT molecular complexity index is 727. The van der Waals surface area contributed by atoms with Crippen LogP contribution in [0.2, 0.25) is 0 Å². The zero-order valence-electron chi connectivity index (χ0n) is 17.3. The van der Waals surface area contributed by atoms with E-state index in [1.807, 2.05) is 27.7 Å². The predicted octanol–water partition coefficient (Wildman–Crippen LogP) is 1.77. The molecule has 2 heterocycles. The van der Waals surface area contributed by atoms with Crippen LogP contribution in [0.3, 0.4) is 0 Å². The summed E-state index contributed by atoms with van der Waals surface area (Å²) in [5.74, 6) is -0.832. The zero-order valence-corrected chi connectivity index (χ0v) is 18.2. The van der Waals surface area contributed by atoms with Crippen LogP contribution in [0, 0.1) is 5.41 Å². The SMILES string of the molecule is CCC(CNC(=O)C1(C)CCCCNC1=O)NC(=O)c1nnc(C(C)(C)C)s1. The van der Waals surface area contributed by atoms with Gasteiger partial charge in [0.25, 0.3) is 5.91 Å². The molecular formula is C19H31N5O3S. The van der Waals surface area contributed by atoms with Crippen molar-refractivity contribution in [3.05, 3.63) is 10.0 Å². The van der Waals surface area contributed by atoms with Gasteiger partial charge in [0.1, 0.15) is 10.4 Å². The number of carbonyl (C=O) groups excluding carboxylic acids is 3. The second-order valence-corrected chi connectivity index (χ2v) is 9.47. The van der Waals surface area contributed by atoms with E-state index < -0.39 is 5.41 Å². The maximum Gasteiger partial charge on any atom is 0.282 e. The summed E-state index contributed by atoms with van der Waals surface area (Å²) in [4.78, 5) is 37.4. The molecule has 2 rings (SSSR count). The fourth-order valence-corrected chi connectivity index (χ4v) is 3.71. The standard InChI is InChI=1S/C19H31N5O3S/c1-6-12(22-13(25)14-23-24-17(28-14)18(2,3)4)11-21-16(27)19(5)9-7-8-10-20-15(19)26/h12H,6-11H2,1-5H3,(H,20,26)(H,21,27)(H,22,25). The Balaban J connectivity index is 1.95. The number of hydrogen-bond donors (Lipinski definition) is 3. The summed E-state index contributed by atoms with van der Waals surface area (Å²) in [7, 11) is 0. The van der Waals surface area contributed by atoms with Crippen molar-refractivity contribution in [1.29, 1.82) is 0 Å². The molecule has 1 saturated heterocycles. The monoisotopic (exact) mass is 409 g/mol. The molecule has 2 atom stereocenters. The first-order chi connectivity index (χ1) is 13.1. The summed E-state index contributed by atoms with van der Waals surface area (Å²) >= 11 is 1.27. The summed E-state index contributed by atoms with van der Waals surface area (Å²) in [6, 6.07) is -0.254. The normalized spacial score (nSPS) is 21.4. The van der Waals surface area contributed by atoms with Gasteiger partial charge in [-0.1, -0.05) is 45.5 Å². The van der Waals surface area contributed by atoms with Crippen molar-refractivity contribution in [2.45, 2.75) is 71.8 Å². The van der Waals surface area contributed by atoms with E-state index >= 15 is 0 Å². The lowest BCUT2D eigenvalue weighted by Crippen LogP contribution is -2.51. The lowest BCUT2D eigenvalue weighted by molar-refractivity contribution is -0.142. The second-order valence-electron chi connectivity index (χ2n) is 8.50. The fraction of sp³-hybridized carbons (Fsp3) is 0.737. The summed E-state index contributed by atoms with van der Waals surface area (Å²) < 4.78 is 0. The highest BCUT2D eigenvalue weighted by atomic mass is 32.1. The minimum absolute atomic E-state index is 0.164. The van der Waals surface area contributed by atoms with Gasteiger partial charge in [0.15, 0.2) is 0 Å². The van der Waals surface area contributed by atoms with Gasteiger partial charge in [-0.15, -0.1) is 10.2 Å². The first kappa shape index (κ1) is 22.3. The van der Waals surface area contributed by atoms with Crippen molar-refractivity contribution in [3.63, 3.8) is 0 Å². The van der Waals surface area contributed by atoms with Crippen LogP contribution in [-0.4, -0.2) is 47.1 Å². The van der Waals surface area contributed by atoms with Gasteiger partial charge in [-0.2, -0.15) is 0 Å². The molecule has 0 radical (unpaired) electrons. The Kier molecular flexibility index (Phi) is 7.14. The van der Waals surface area contributed by atoms with E-state index in [9.17, 15) is 14.4 Å². The summed E-state index contributed by atoms with van der Waals surface area (Å²) in [6.45, 7) is 10.5. The molecule has 3 N–H and O–H groups in total. The van der Waals surface area contributed by atoms with Gasteiger partial charge in [-0.3, -0.25) is 14.4 Å². The molecule has 8 nitrogen and oxygen atoms in total. The third-order valence-electron chi connectivity index (χ3n) is 4.99. The van der Waals surface area contributed by atoms with Crippen molar-refractivity contribution in [3.8, 4) is 0 Å². The quantitative estimate of drug-likeness (QED) is 0.620. The van der Waals surface area contributed by atoms with Gasteiger partial charge in [0, 0.05) is 24.5 Å². The molecule has 0 spiro atoms. The topological polar surface area (TPSA) is 113 Å². The largest absolute Gasteiger partial charge is 0.355 e. The number of rotatable bonds is 6. The van der Waals surface area contributed by atoms with Crippen molar-refractivity contribution < 1.29 is 14.4 Å². The first-order valence-electron chi connectivity index (χ1n) is 9.79. The molecule has 1 aromatic rings. The van der Waals surface area contributed by atoms with Gasteiger partial charge in [0.05, 0.1) is 0 Å². The van der Waals surface area contributed by atoms with Gasteiger partial charge in [0.2, 0.25) is 16.8 Å². The number of amides is 3. The van der Waals surface area contributed by atoms with E-state index in [0.717, 1.165) is 17.8 Å². The van der Waals surface area contributed by atoms with Crippen molar-refractivity contribution >= 4 is 29.1 Å². The molecule has 1 aliphatic heterocycles. The van der Waals surface area contributed by atoms with E-state index in [2.05, 4.69) is 26.1 Å². The summed E-state index contributed by atoms with van der Waals surface area (Å²) in [6.07, 6.45) is 2.86. The molecule has 1 aromatic heterocycles. The lowest BCUT2D eigenvalue weighted by atomic mass is 9.83. The Hall–Kier alpha value is -2.03. The summed E-state index contributed by atoms with van der Waals surface area (Å²) in [5.41, 5.74) is -1.23. The van der Waals surface area contributed by atoms with Crippen molar-refractivity contribution in [1.82, 2.24) is 26.1 Å². The number of nitrogens with zero attached hydrogens (tertiary/aromatic N) is 2. The second kappa shape index (κ2) is 8.98. The number of hydrogen-bond acceptors (Lipinski definition) is 6. The van der Waals surface area contributed by atoms with Gasteiger partial charge in [-0.05, 0) is 26.2 Å². The molecule has 0 bridgehead atoms. The van der Waals surface area contributed by atoms with E-state index in [-0.39, 0.29) is 35.7 Å². The average molecular weight is 410 g/mol. The maximum absolute atomic E-state index is 12.7. The Morgan fingerprint density at radius 2 is 2.00 bits per heavy atom. The van der Waals surface area contributed by atoms with Gasteiger partial charge >= 0.3 is 0 Å². The van der Waals surface area contributed by atoms with Crippen LogP contribution in [0.25, 0.3) is 0 Å². The molecule has 9 heteroatoms. The third kappa shape index (κ3) is 5.27. The maximum atomic E-state index is 12.7. The van der Waals surface area contributed by atoms with Crippen molar-refractivity contribution in [2.75, 3.05) is 13.1 Å². The molecule has 156 valence electrons. The molecule has 0 saturated carbocycles. The number of carbonyl (C=O) groups is 3. The summed E-state index contributed by atoms with van der Waals surface area (Å²) in [5, 5.41) is 17.7. The van der Waals surface area contributed by atoms with Crippen LogP contribution in [0.5, 0.6) is 0 Å². The fourth-order valence-electron chi connectivity index (χ4n) is 2.90. The Labute approximate surface area is 170 Å². The molecular weight excluding hydrogens is 378 g/mol. The third-order valence-corrected chi connectivity index (χ3v) is 6.34. The smallest absolute Gasteiger partial charge is 0.282 e. The first-order valence-corrected chi connectivity index (χ1v) is 10.6. The van der Waals surface area contributed by atoms with Gasteiger partial charge < -0.3 is 16.0 Å². The molecule has 2 unspecified atom stereocenters. The highest BCUT2D eigenvalue weighted by molar-refractivity contribution is 7.13.